The van der Waals surface area contributed by atoms with Crippen molar-refractivity contribution >= 4 is 5.84 Å². The second kappa shape index (κ2) is 5.84. The fourth-order valence-corrected chi connectivity index (χ4v) is 2.08. The van der Waals surface area contributed by atoms with Gasteiger partial charge in [0.2, 0.25) is 0 Å². The second-order valence-corrected chi connectivity index (χ2v) is 4.51. The summed E-state index contributed by atoms with van der Waals surface area (Å²) in [6.07, 6.45) is 11.2. The lowest BCUT2D eigenvalue weighted by Gasteiger charge is -2.26. The summed E-state index contributed by atoms with van der Waals surface area (Å²) in [6.45, 7) is 5.98. The Labute approximate surface area is 108 Å². The molecule has 0 radical (unpaired) electrons. The Morgan fingerprint density at radius 2 is 2.33 bits per heavy atom. The molecule has 0 aromatic heterocycles. The molecule has 0 amide bonds. The minimum Gasteiger partial charge on any atom is -0.242 e. The van der Waals surface area contributed by atoms with E-state index in [0.717, 1.165) is 30.1 Å². The zero-order valence-electron chi connectivity index (χ0n) is 10.9. The number of fused-ring (bicyclic) bond motifs is 1. The molecule has 0 spiro atoms. The van der Waals surface area contributed by atoms with Gasteiger partial charge in [0, 0.05) is 12.1 Å². The van der Waals surface area contributed by atoms with Crippen LogP contribution >= 0.6 is 0 Å². The highest BCUT2D eigenvalue weighted by Crippen LogP contribution is 2.24. The van der Waals surface area contributed by atoms with Gasteiger partial charge in [0.1, 0.15) is 5.84 Å². The highest BCUT2D eigenvalue weighted by Gasteiger charge is 2.25. The molecule has 0 unspecified atom stereocenters. The molecule has 3 N–H and O–H groups in total. The number of amidine groups is 1. The van der Waals surface area contributed by atoms with E-state index in [2.05, 4.69) is 30.1 Å². The van der Waals surface area contributed by atoms with Gasteiger partial charge >= 0.3 is 0 Å². The van der Waals surface area contributed by atoms with Crippen molar-refractivity contribution in [2.45, 2.75) is 39.0 Å². The zero-order chi connectivity index (χ0) is 13.0. The lowest BCUT2D eigenvalue weighted by molar-refractivity contribution is 0.193. The molecule has 2 rings (SSSR count). The van der Waals surface area contributed by atoms with E-state index in [-0.39, 0.29) is 0 Å². The summed E-state index contributed by atoms with van der Waals surface area (Å²) >= 11 is 0. The highest BCUT2D eigenvalue weighted by atomic mass is 15.9. The van der Waals surface area contributed by atoms with Gasteiger partial charge in [-0.3, -0.25) is 0 Å². The topological polar surface area (TPSA) is 56.9 Å². The van der Waals surface area contributed by atoms with Gasteiger partial charge < -0.3 is 0 Å². The smallest absolute Gasteiger partial charge is 0.129 e. The van der Waals surface area contributed by atoms with Crippen LogP contribution in [0.3, 0.4) is 0 Å². The predicted octanol–water partition coefficient (Wildman–Crippen LogP) is 2.19. The summed E-state index contributed by atoms with van der Waals surface area (Å²) in [7, 11) is 0. The number of hydrazine groups is 3. The van der Waals surface area contributed by atoms with E-state index in [9.17, 15) is 0 Å². The Balaban J connectivity index is 2.11. The molecule has 5 nitrogen and oxygen atoms in total. The molecule has 5 heteroatoms. The minimum atomic E-state index is 0.725. The Bertz CT molecular complexity index is 408. The van der Waals surface area contributed by atoms with E-state index in [0.29, 0.717) is 0 Å². The Morgan fingerprint density at radius 1 is 1.50 bits per heavy atom. The fourth-order valence-electron chi connectivity index (χ4n) is 2.08. The van der Waals surface area contributed by atoms with E-state index in [1.807, 2.05) is 17.3 Å². The highest BCUT2D eigenvalue weighted by molar-refractivity contribution is 5.87. The van der Waals surface area contributed by atoms with Crippen molar-refractivity contribution < 1.29 is 0 Å². The largest absolute Gasteiger partial charge is 0.242 e. The standard InChI is InChI=1S/C13H21N5/c1-3-5-6-8-11-9-12-10-17(14)16-18(12)13(15-11)7-4-2/h4,9-10,16H,2-3,5-8,14H2,1H3. The number of unbranched alkanes of at least 4 members (excludes halogenated alkanes) is 2. The monoisotopic (exact) mass is 247 g/mol. The maximum Gasteiger partial charge on any atom is 0.129 e. The van der Waals surface area contributed by atoms with Gasteiger partial charge in [0.05, 0.1) is 11.9 Å². The third-order valence-electron chi connectivity index (χ3n) is 2.95. The van der Waals surface area contributed by atoms with Crippen LogP contribution in [0.4, 0.5) is 0 Å². The number of hydrogen-bond donors (Lipinski definition) is 2. The van der Waals surface area contributed by atoms with Crippen molar-refractivity contribution in [3.05, 3.63) is 36.3 Å². The molecular weight excluding hydrogens is 226 g/mol. The summed E-state index contributed by atoms with van der Waals surface area (Å²) in [4.78, 5) is 4.67. The normalized spacial score (nSPS) is 18.2. The van der Waals surface area contributed by atoms with Gasteiger partial charge in [0.25, 0.3) is 0 Å². The van der Waals surface area contributed by atoms with Gasteiger partial charge in [-0.05, 0) is 18.9 Å². The first-order valence-corrected chi connectivity index (χ1v) is 6.45. The van der Waals surface area contributed by atoms with Crippen LogP contribution in [0.5, 0.6) is 0 Å². The van der Waals surface area contributed by atoms with E-state index in [4.69, 9.17) is 5.84 Å². The number of nitrogens with zero attached hydrogens (tertiary/aromatic N) is 3. The maximum absolute atomic E-state index is 5.71. The van der Waals surface area contributed by atoms with E-state index >= 15 is 0 Å². The molecule has 18 heavy (non-hydrogen) atoms. The lowest BCUT2D eigenvalue weighted by Crippen LogP contribution is -2.47. The van der Waals surface area contributed by atoms with Crippen molar-refractivity contribution in [3.63, 3.8) is 0 Å². The molecule has 0 bridgehead atoms. The molecule has 2 heterocycles. The summed E-state index contributed by atoms with van der Waals surface area (Å²) in [6, 6.07) is 0. The number of nitrogens with two attached hydrogens (primary N) is 1. The van der Waals surface area contributed by atoms with Crippen LogP contribution in [0.15, 0.2) is 41.3 Å². The molecule has 98 valence electrons. The second-order valence-electron chi connectivity index (χ2n) is 4.51. The van der Waals surface area contributed by atoms with Crippen molar-refractivity contribution in [2.75, 3.05) is 0 Å². The van der Waals surface area contributed by atoms with Crippen molar-refractivity contribution in [1.82, 2.24) is 15.7 Å². The molecule has 0 aliphatic carbocycles. The van der Waals surface area contributed by atoms with Gasteiger partial charge in [-0.15, -0.1) is 12.1 Å². The van der Waals surface area contributed by atoms with Gasteiger partial charge in [-0.2, -0.15) is 0 Å². The number of aliphatic imine (C=N–C) groups is 1. The van der Waals surface area contributed by atoms with E-state index < -0.39 is 0 Å². The quantitative estimate of drug-likeness (QED) is 0.429. The number of allylic oxidation sites excluding steroid dienone is 2. The minimum absolute atomic E-state index is 0.725. The molecule has 0 saturated carbocycles. The average molecular weight is 247 g/mol. The van der Waals surface area contributed by atoms with Crippen LogP contribution in [-0.2, 0) is 0 Å². The molecule has 0 aromatic rings. The van der Waals surface area contributed by atoms with Gasteiger partial charge in [-0.25, -0.2) is 21.0 Å². The van der Waals surface area contributed by atoms with Crippen LogP contribution in [0, 0.1) is 0 Å². The Morgan fingerprint density at radius 3 is 3.06 bits per heavy atom. The van der Waals surface area contributed by atoms with Gasteiger partial charge in [-0.1, -0.05) is 25.8 Å². The summed E-state index contributed by atoms with van der Waals surface area (Å²) in [5.41, 5.74) is 5.17. The van der Waals surface area contributed by atoms with E-state index in [1.54, 1.807) is 0 Å². The van der Waals surface area contributed by atoms with Crippen molar-refractivity contribution in [3.8, 4) is 0 Å². The first kappa shape index (κ1) is 12.9. The fraction of sp³-hybridized carbons (Fsp3) is 0.462. The zero-order valence-corrected chi connectivity index (χ0v) is 10.9. The predicted molar refractivity (Wildman–Crippen MR) is 73.6 cm³/mol. The van der Waals surface area contributed by atoms with Crippen LogP contribution in [0.2, 0.25) is 0 Å². The number of nitrogens with one attached hydrogen (secondary N) is 1. The van der Waals surface area contributed by atoms with Crippen molar-refractivity contribution in [1.29, 1.82) is 0 Å². The third kappa shape index (κ3) is 2.80. The first-order valence-electron chi connectivity index (χ1n) is 6.45. The molecule has 2 aliphatic rings. The van der Waals surface area contributed by atoms with Crippen LogP contribution in [0.25, 0.3) is 0 Å². The summed E-state index contributed by atoms with van der Waals surface area (Å²) in [5.74, 6) is 6.66. The molecule has 0 atom stereocenters. The molecule has 0 fully saturated rings. The Hall–Kier alpha value is -1.59. The number of hydrogen-bond acceptors (Lipinski definition) is 5. The molecular formula is C13H21N5. The first-order chi connectivity index (χ1) is 8.74. The van der Waals surface area contributed by atoms with Crippen LogP contribution in [0.1, 0.15) is 39.0 Å². The third-order valence-corrected chi connectivity index (χ3v) is 2.95. The Kier molecular flexibility index (Phi) is 4.17. The van der Waals surface area contributed by atoms with Crippen LogP contribution < -0.4 is 11.4 Å². The maximum atomic E-state index is 5.71. The summed E-state index contributed by atoms with van der Waals surface area (Å²) < 4.78 is 0. The van der Waals surface area contributed by atoms with Gasteiger partial charge in [0.15, 0.2) is 0 Å². The molecule has 0 saturated heterocycles. The lowest BCUT2D eigenvalue weighted by atomic mass is 10.1. The SMILES string of the molecule is C=CCC1=NC(CCCCC)=CC2=CN(N)NN21. The van der Waals surface area contributed by atoms with E-state index in [1.165, 1.54) is 24.4 Å². The average Bonchev–Trinajstić information content (AvgIpc) is 2.70. The molecule has 0 aromatic carbocycles. The van der Waals surface area contributed by atoms with Crippen molar-refractivity contribution in [2.24, 2.45) is 10.8 Å². The van der Waals surface area contributed by atoms with Crippen LogP contribution in [-0.4, -0.2) is 16.0 Å². The summed E-state index contributed by atoms with van der Waals surface area (Å²) in [5, 5.41) is 3.34. The molecule has 2 aliphatic heterocycles. The number of rotatable bonds is 6.